The molecule has 5 nitrogen and oxygen atoms in total. The number of carboxylic acids is 1. The minimum atomic E-state index is -4.48. The summed E-state index contributed by atoms with van der Waals surface area (Å²) < 4.78 is 55.2. The molecular formula is C24H22ClF3O5. The Morgan fingerprint density at radius 3 is 2.36 bits per heavy atom. The van der Waals surface area contributed by atoms with E-state index in [-0.39, 0.29) is 30.4 Å². The van der Waals surface area contributed by atoms with Gasteiger partial charge < -0.3 is 19.3 Å². The molecule has 1 N–H and O–H groups in total. The Labute approximate surface area is 194 Å². The largest absolute Gasteiger partial charge is 0.493 e. The highest BCUT2D eigenvalue weighted by Gasteiger charge is 2.41. The predicted molar refractivity (Wildman–Crippen MR) is 116 cm³/mol. The molecular weight excluding hydrogens is 461 g/mol. The first-order valence-corrected chi connectivity index (χ1v) is 10.4. The monoisotopic (exact) mass is 482 g/mol. The van der Waals surface area contributed by atoms with Gasteiger partial charge in [0.05, 0.1) is 35.1 Å². The molecule has 1 aliphatic rings. The third-order valence-corrected chi connectivity index (χ3v) is 5.51. The van der Waals surface area contributed by atoms with E-state index < -0.39 is 29.0 Å². The predicted octanol–water partition coefficient (Wildman–Crippen LogP) is 5.41. The first kappa shape index (κ1) is 24.7. The Balaban J connectivity index is 1.59. The zero-order valence-corrected chi connectivity index (χ0v) is 18.5. The topological polar surface area (TPSA) is 65.0 Å². The normalized spacial score (nSPS) is 15.5. The minimum Gasteiger partial charge on any atom is -0.493 e. The Hall–Kier alpha value is -2.89. The molecule has 176 valence electrons. The number of halogens is 4. The Morgan fingerprint density at radius 1 is 1.18 bits per heavy atom. The summed E-state index contributed by atoms with van der Waals surface area (Å²) in [5, 5.41) is 9.28. The van der Waals surface area contributed by atoms with Crippen molar-refractivity contribution >= 4 is 17.6 Å². The second kappa shape index (κ2) is 10.4. The molecule has 1 unspecified atom stereocenters. The lowest BCUT2D eigenvalue weighted by Gasteiger charge is -2.40. The van der Waals surface area contributed by atoms with E-state index in [2.05, 4.69) is 11.8 Å². The third kappa shape index (κ3) is 6.34. The number of alkyl halides is 3. The fourth-order valence-corrected chi connectivity index (χ4v) is 3.44. The molecule has 0 aliphatic carbocycles. The zero-order chi connectivity index (χ0) is 24.1. The molecule has 3 rings (SSSR count). The summed E-state index contributed by atoms with van der Waals surface area (Å²) in [5.74, 6) is 4.51. The van der Waals surface area contributed by atoms with Crippen molar-refractivity contribution in [1.29, 1.82) is 0 Å². The van der Waals surface area contributed by atoms with Crippen molar-refractivity contribution in [3.8, 4) is 23.3 Å². The van der Waals surface area contributed by atoms with E-state index >= 15 is 0 Å². The Bertz CT molecular complexity index is 1040. The molecule has 2 aromatic rings. The van der Waals surface area contributed by atoms with Crippen LogP contribution in [0, 0.1) is 17.3 Å². The van der Waals surface area contributed by atoms with E-state index in [0.717, 1.165) is 12.1 Å². The van der Waals surface area contributed by atoms with Crippen LogP contribution in [-0.4, -0.2) is 37.5 Å². The molecule has 0 bridgehead atoms. The highest BCUT2D eigenvalue weighted by Crippen LogP contribution is 2.36. The van der Waals surface area contributed by atoms with Crippen molar-refractivity contribution in [2.75, 3.05) is 26.4 Å². The lowest BCUT2D eigenvalue weighted by Crippen LogP contribution is -2.51. The van der Waals surface area contributed by atoms with E-state index in [4.69, 9.17) is 25.8 Å². The molecule has 0 radical (unpaired) electrons. The average Bonchev–Trinajstić information content (AvgIpc) is 2.73. The molecule has 1 heterocycles. The van der Waals surface area contributed by atoms with Gasteiger partial charge in [0.1, 0.15) is 24.7 Å². The number of aliphatic carboxylic acids is 1. The molecule has 33 heavy (non-hydrogen) atoms. The molecule has 1 atom stereocenters. The van der Waals surface area contributed by atoms with E-state index in [1.807, 2.05) is 0 Å². The number of carbonyl (C=O) groups is 1. The van der Waals surface area contributed by atoms with Crippen molar-refractivity contribution in [2.45, 2.75) is 25.4 Å². The maximum atomic E-state index is 12.8. The van der Waals surface area contributed by atoms with Crippen LogP contribution >= 0.6 is 11.6 Å². The van der Waals surface area contributed by atoms with Gasteiger partial charge >= 0.3 is 12.1 Å². The third-order valence-electron chi connectivity index (χ3n) is 5.22. The number of hydrogen-bond acceptors (Lipinski definition) is 4. The SMILES string of the molecule is CC#CCC(C(=O)O)c1ccc(OCC2(COc3ccc(C(F)(F)F)cc3Cl)COC2)cc1. The average molecular weight is 483 g/mol. The first-order chi connectivity index (χ1) is 15.6. The van der Waals surface area contributed by atoms with Gasteiger partial charge in [-0.3, -0.25) is 4.79 Å². The van der Waals surface area contributed by atoms with Gasteiger partial charge in [0.15, 0.2) is 0 Å². The second-order valence-electron chi connectivity index (χ2n) is 7.80. The smallest absolute Gasteiger partial charge is 0.416 e. The molecule has 1 saturated heterocycles. The lowest BCUT2D eigenvalue weighted by atomic mass is 9.88. The summed E-state index contributed by atoms with van der Waals surface area (Å²) in [4.78, 5) is 11.5. The lowest BCUT2D eigenvalue weighted by molar-refractivity contribution is -0.149. The van der Waals surface area contributed by atoms with Gasteiger partial charge in [-0.05, 0) is 42.8 Å². The van der Waals surface area contributed by atoms with Gasteiger partial charge in [0, 0.05) is 6.42 Å². The maximum Gasteiger partial charge on any atom is 0.416 e. The van der Waals surface area contributed by atoms with Gasteiger partial charge in [0.2, 0.25) is 0 Å². The highest BCUT2D eigenvalue weighted by molar-refractivity contribution is 6.32. The fourth-order valence-electron chi connectivity index (χ4n) is 3.21. The molecule has 9 heteroatoms. The molecule has 0 saturated carbocycles. The van der Waals surface area contributed by atoms with Crippen LogP contribution in [0.1, 0.15) is 30.4 Å². The number of ether oxygens (including phenoxy) is 3. The Kier molecular flexibility index (Phi) is 7.77. The molecule has 0 amide bonds. The first-order valence-electron chi connectivity index (χ1n) is 10.1. The van der Waals surface area contributed by atoms with Gasteiger partial charge in [0.25, 0.3) is 0 Å². The summed E-state index contributed by atoms with van der Waals surface area (Å²) in [6.07, 6.45) is -4.27. The van der Waals surface area contributed by atoms with Gasteiger partial charge in [-0.25, -0.2) is 0 Å². The van der Waals surface area contributed by atoms with E-state index in [9.17, 15) is 23.1 Å². The van der Waals surface area contributed by atoms with E-state index in [1.54, 1.807) is 31.2 Å². The number of rotatable bonds is 9. The fraction of sp³-hybridized carbons (Fsp3) is 0.375. The summed E-state index contributed by atoms with van der Waals surface area (Å²) in [6, 6.07) is 9.69. The number of hydrogen-bond donors (Lipinski definition) is 1. The van der Waals surface area contributed by atoms with Crippen molar-refractivity contribution in [3.63, 3.8) is 0 Å². The van der Waals surface area contributed by atoms with Crippen LogP contribution in [0.2, 0.25) is 5.02 Å². The minimum absolute atomic E-state index is 0.127. The van der Waals surface area contributed by atoms with Gasteiger partial charge in [-0.2, -0.15) is 13.2 Å². The van der Waals surface area contributed by atoms with Crippen molar-refractivity contribution in [1.82, 2.24) is 0 Å². The quantitative estimate of drug-likeness (QED) is 0.484. The second-order valence-corrected chi connectivity index (χ2v) is 8.21. The van der Waals surface area contributed by atoms with E-state index in [1.165, 1.54) is 6.07 Å². The van der Waals surface area contributed by atoms with Crippen LogP contribution in [0.15, 0.2) is 42.5 Å². The summed E-state index contributed by atoms with van der Waals surface area (Å²) in [7, 11) is 0. The highest BCUT2D eigenvalue weighted by atomic mass is 35.5. The summed E-state index contributed by atoms with van der Waals surface area (Å²) in [6.45, 7) is 2.77. The number of benzene rings is 2. The Morgan fingerprint density at radius 2 is 1.85 bits per heavy atom. The molecule has 1 aliphatic heterocycles. The van der Waals surface area contributed by atoms with Crippen LogP contribution in [0.5, 0.6) is 11.5 Å². The van der Waals surface area contributed by atoms with E-state index in [0.29, 0.717) is 24.5 Å². The van der Waals surface area contributed by atoms with Crippen LogP contribution in [0.4, 0.5) is 13.2 Å². The van der Waals surface area contributed by atoms with Crippen LogP contribution < -0.4 is 9.47 Å². The van der Waals surface area contributed by atoms with Crippen molar-refractivity contribution in [2.24, 2.45) is 5.41 Å². The summed E-state index contributed by atoms with van der Waals surface area (Å²) >= 11 is 5.96. The van der Waals surface area contributed by atoms with Crippen LogP contribution in [0.25, 0.3) is 0 Å². The van der Waals surface area contributed by atoms with Crippen molar-refractivity contribution in [3.05, 3.63) is 58.6 Å². The zero-order valence-electron chi connectivity index (χ0n) is 17.7. The van der Waals surface area contributed by atoms with Crippen LogP contribution in [-0.2, 0) is 15.7 Å². The number of carboxylic acid groups (broad SMARTS) is 1. The molecule has 2 aromatic carbocycles. The maximum absolute atomic E-state index is 12.8. The van der Waals surface area contributed by atoms with Crippen molar-refractivity contribution < 1.29 is 37.3 Å². The van der Waals surface area contributed by atoms with Crippen LogP contribution in [0.3, 0.4) is 0 Å². The molecule has 0 spiro atoms. The summed E-state index contributed by atoms with van der Waals surface area (Å²) in [5.41, 5.74) is -0.704. The molecule has 0 aromatic heterocycles. The van der Waals surface area contributed by atoms with Gasteiger partial charge in [-0.1, -0.05) is 23.7 Å². The molecule has 1 fully saturated rings. The standard InChI is InChI=1S/C24H22ClF3O5/c1-2-3-4-19(22(29)30)16-5-8-18(9-6-16)32-14-23(12-31-13-23)15-33-21-10-7-17(11-20(21)25)24(26,27)28/h5-11,19H,4,12-15H2,1H3,(H,29,30). The van der Waals surface area contributed by atoms with Gasteiger partial charge in [-0.15, -0.1) is 11.8 Å².